The van der Waals surface area contributed by atoms with Crippen LogP contribution in [0.15, 0.2) is 30.5 Å². The van der Waals surface area contributed by atoms with Crippen LogP contribution < -0.4 is 4.74 Å². The summed E-state index contributed by atoms with van der Waals surface area (Å²) in [4.78, 5) is 19.7. The standard InChI is InChI=1S/C18H19FN2O3/c1-11-16(10-20-12(2)21-11)24-7-6-18(9-15(18)17(22)23)13-4-3-5-14(19)8-13/h3-5,8,10,15H,6-7,9H2,1-2H3,(H,22,23)/t15-,18-/m0/s1. The largest absolute Gasteiger partial charge is 0.490 e. The van der Waals surface area contributed by atoms with Crippen LogP contribution in [0, 0.1) is 25.6 Å². The molecule has 6 heteroatoms. The first-order valence-corrected chi connectivity index (χ1v) is 7.84. The van der Waals surface area contributed by atoms with E-state index < -0.39 is 17.3 Å². The second-order valence-electron chi connectivity index (χ2n) is 6.23. The van der Waals surface area contributed by atoms with Gasteiger partial charge in [0.2, 0.25) is 0 Å². The van der Waals surface area contributed by atoms with Crippen molar-refractivity contribution in [1.29, 1.82) is 0 Å². The van der Waals surface area contributed by atoms with Gasteiger partial charge in [0.25, 0.3) is 0 Å². The van der Waals surface area contributed by atoms with E-state index in [0.29, 0.717) is 31.0 Å². The van der Waals surface area contributed by atoms with Gasteiger partial charge in [-0.05, 0) is 44.4 Å². The highest BCUT2D eigenvalue weighted by Crippen LogP contribution is 2.57. The fraction of sp³-hybridized carbons (Fsp3) is 0.389. The lowest BCUT2D eigenvalue weighted by molar-refractivity contribution is -0.139. The maximum absolute atomic E-state index is 13.5. The summed E-state index contributed by atoms with van der Waals surface area (Å²) >= 11 is 0. The number of nitrogens with zero attached hydrogens (tertiary/aromatic N) is 2. The van der Waals surface area contributed by atoms with Gasteiger partial charge in [0.15, 0.2) is 5.75 Å². The molecular formula is C18H19FN2O3. The first-order valence-electron chi connectivity index (χ1n) is 7.84. The molecule has 0 radical (unpaired) electrons. The normalized spacial score (nSPS) is 22.2. The van der Waals surface area contributed by atoms with Crippen LogP contribution >= 0.6 is 0 Å². The van der Waals surface area contributed by atoms with Crippen LogP contribution in [-0.4, -0.2) is 27.7 Å². The molecule has 0 unspecified atom stereocenters. The Kier molecular flexibility index (Phi) is 4.22. The van der Waals surface area contributed by atoms with Crippen LogP contribution in [0.4, 0.5) is 4.39 Å². The Morgan fingerprint density at radius 1 is 1.46 bits per heavy atom. The molecule has 0 amide bonds. The van der Waals surface area contributed by atoms with Gasteiger partial charge in [-0.25, -0.2) is 14.4 Å². The van der Waals surface area contributed by atoms with E-state index in [9.17, 15) is 14.3 Å². The van der Waals surface area contributed by atoms with Crippen molar-refractivity contribution in [1.82, 2.24) is 9.97 Å². The molecular weight excluding hydrogens is 311 g/mol. The van der Waals surface area contributed by atoms with Crippen LogP contribution in [0.3, 0.4) is 0 Å². The predicted octanol–water partition coefficient (Wildman–Crippen LogP) is 3.04. The summed E-state index contributed by atoms with van der Waals surface area (Å²) in [6.07, 6.45) is 2.62. The van der Waals surface area contributed by atoms with E-state index in [1.807, 2.05) is 6.92 Å². The number of aryl methyl sites for hydroxylation is 2. The van der Waals surface area contributed by atoms with Gasteiger partial charge in [0.1, 0.15) is 11.6 Å². The Morgan fingerprint density at radius 2 is 2.25 bits per heavy atom. The number of carbonyl (C=O) groups is 1. The lowest BCUT2D eigenvalue weighted by Crippen LogP contribution is -2.19. The quantitative estimate of drug-likeness (QED) is 0.881. The molecule has 1 heterocycles. The molecule has 1 fully saturated rings. The highest BCUT2D eigenvalue weighted by atomic mass is 19.1. The van der Waals surface area contributed by atoms with Crippen LogP contribution in [0.1, 0.15) is 29.9 Å². The van der Waals surface area contributed by atoms with Crippen LogP contribution in [-0.2, 0) is 10.2 Å². The van der Waals surface area contributed by atoms with Crippen molar-refractivity contribution in [3.8, 4) is 5.75 Å². The molecule has 1 aromatic carbocycles. The van der Waals surface area contributed by atoms with Crippen LogP contribution in [0.5, 0.6) is 5.75 Å². The van der Waals surface area contributed by atoms with Crippen molar-refractivity contribution in [3.05, 3.63) is 53.4 Å². The predicted molar refractivity (Wildman–Crippen MR) is 85.4 cm³/mol. The number of halogens is 1. The Labute approximate surface area is 139 Å². The van der Waals surface area contributed by atoms with Crippen molar-refractivity contribution >= 4 is 5.97 Å². The van der Waals surface area contributed by atoms with E-state index in [-0.39, 0.29) is 5.82 Å². The lowest BCUT2D eigenvalue weighted by Gasteiger charge is -2.18. The number of carboxylic acids is 1. The molecule has 5 nitrogen and oxygen atoms in total. The van der Waals surface area contributed by atoms with Crippen molar-refractivity contribution in [3.63, 3.8) is 0 Å². The molecule has 0 bridgehead atoms. The molecule has 2 atom stereocenters. The minimum Gasteiger partial charge on any atom is -0.490 e. The maximum Gasteiger partial charge on any atom is 0.307 e. The average molecular weight is 330 g/mol. The maximum atomic E-state index is 13.5. The zero-order chi connectivity index (χ0) is 17.3. The molecule has 126 valence electrons. The topological polar surface area (TPSA) is 72.3 Å². The number of hydrogen-bond donors (Lipinski definition) is 1. The third kappa shape index (κ3) is 3.09. The van der Waals surface area contributed by atoms with E-state index in [1.54, 1.807) is 25.3 Å². The van der Waals surface area contributed by atoms with Crippen LogP contribution in [0.25, 0.3) is 0 Å². The van der Waals surface area contributed by atoms with Crippen molar-refractivity contribution < 1.29 is 19.0 Å². The fourth-order valence-corrected chi connectivity index (χ4v) is 3.22. The Morgan fingerprint density at radius 3 is 2.88 bits per heavy atom. The van der Waals surface area contributed by atoms with Gasteiger partial charge in [-0.15, -0.1) is 0 Å². The van der Waals surface area contributed by atoms with Crippen molar-refractivity contribution in [2.24, 2.45) is 5.92 Å². The molecule has 3 rings (SSSR count). The average Bonchev–Trinajstić information content (AvgIpc) is 3.26. The summed E-state index contributed by atoms with van der Waals surface area (Å²) in [5.41, 5.74) is 0.899. The van der Waals surface area contributed by atoms with Crippen molar-refractivity contribution in [2.75, 3.05) is 6.61 Å². The number of aromatic nitrogens is 2. The molecule has 1 saturated carbocycles. The van der Waals surface area contributed by atoms with E-state index in [0.717, 1.165) is 11.3 Å². The Hall–Kier alpha value is -2.50. The molecule has 1 N–H and O–H groups in total. The minimum absolute atomic E-state index is 0.327. The summed E-state index contributed by atoms with van der Waals surface area (Å²) in [7, 11) is 0. The summed E-state index contributed by atoms with van der Waals surface area (Å²) in [5.74, 6) is -0.453. The number of aliphatic carboxylic acids is 1. The van der Waals surface area contributed by atoms with Gasteiger partial charge < -0.3 is 9.84 Å². The number of ether oxygens (including phenoxy) is 1. The summed E-state index contributed by atoms with van der Waals surface area (Å²) in [5, 5.41) is 9.36. The molecule has 0 saturated heterocycles. The Balaban J connectivity index is 1.73. The second kappa shape index (κ2) is 6.19. The molecule has 0 spiro atoms. The highest BCUT2D eigenvalue weighted by molar-refractivity contribution is 5.77. The molecule has 1 aliphatic carbocycles. The van der Waals surface area contributed by atoms with Gasteiger partial charge in [-0.3, -0.25) is 4.79 Å². The minimum atomic E-state index is -0.853. The van der Waals surface area contributed by atoms with E-state index in [1.165, 1.54) is 12.1 Å². The molecule has 1 aromatic heterocycles. The molecule has 24 heavy (non-hydrogen) atoms. The van der Waals surface area contributed by atoms with Gasteiger partial charge >= 0.3 is 5.97 Å². The number of carboxylic acid groups (broad SMARTS) is 1. The van der Waals surface area contributed by atoms with E-state index >= 15 is 0 Å². The zero-order valence-electron chi connectivity index (χ0n) is 13.6. The van der Waals surface area contributed by atoms with E-state index in [4.69, 9.17) is 4.74 Å². The van der Waals surface area contributed by atoms with Gasteiger partial charge in [0.05, 0.1) is 24.4 Å². The molecule has 1 aliphatic rings. The highest BCUT2D eigenvalue weighted by Gasteiger charge is 2.59. The monoisotopic (exact) mass is 330 g/mol. The van der Waals surface area contributed by atoms with Crippen molar-refractivity contribution in [2.45, 2.75) is 32.1 Å². The number of rotatable bonds is 6. The summed E-state index contributed by atoms with van der Waals surface area (Å²) < 4.78 is 19.3. The zero-order valence-corrected chi connectivity index (χ0v) is 13.6. The third-order valence-corrected chi connectivity index (χ3v) is 4.63. The first-order chi connectivity index (χ1) is 11.4. The van der Waals surface area contributed by atoms with Gasteiger partial charge in [-0.2, -0.15) is 0 Å². The smallest absolute Gasteiger partial charge is 0.307 e. The Bertz CT molecular complexity index is 781. The number of benzene rings is 1. The lowest BCUT2D eigenvalue weighted by atomic mass is 9.90. The fourth-order valence-electron chi connectivity index (χ4n) is 3.22. The first kappa shape index (κ1) is 16.4. The molecule has 2 aromatic rings. The summed E-state index contributed by atoms with van der Waals surface area (Å²) in [6, 6.07) is 6.18. The van der Waals surface area contributed by atoms with Gasteiger partial charge in [0, 0.05) is 5.41 Å². The number of hydrogen-bond acceptors (Lipinski definition) is 4. The second-order valence-corrected chi connectivity index (χ2v) is 6.23. The van der Waals surface area contributed by atoms with E-state index in [2.05, 4.69) is 9.97 Å². The van der Waals surface area contributed by atoms with Crippen LogP contribution in [0.2, 0.25) is 0 Å². The van der Waals surface area contributed by atoms with Gasteiger partial charge in [-0.1, -0.05) is 12.1 Å². The SMILES string of the molecule is Cc1ncc(OCC[C@@]2(c3cccc(F)c3)C[C@H]2C(=O)O)c(C)n1. The third-order valence-electron chi connectivity index (χ3n) is 4.63. The summed E-state index contributed by atoms with van der Waals surface area (Å²) in [6.45, 7) is 3.97. The molecule has 0 aliphatic heterocycles.